The van der Waals surface area contributed by atoms with E-state index in [4.69, 9.17) is 23.2 Å². The third-order valence-electron chi connectivity index (χ3n) is 3.88. The summed E-state index contributed by atoms with van der Waals surface area (Å²) in [5, 5.41) is 1.27. The van der Waals surface area contributed by atoms with Crippen LogP contribution in [0.5, 0.6) is 0 Å². The van der Waals surface area contributed by atoms with Gasteiger partial charge < -0.3 is 0 Å². The molecule has 0 aromatic heterocycles. The minimum atomic E-state index is 0.0498. The van der Waals surface area contributed by atoms with Crippen LogP contribution in [-0.2, 0) is 23.5 Å². The van der Waals surface area contributed by atoms with Crippen LogP contribution in [0, 0.1) is 0 Å². The molecule has 0 aliphatic rings. The van der Waals surface area contributed by atoms with Gasteiger partial charge in [-0.3, -0.25) is 4.79 Å². The maximum absolute atomic E-state index is 13.1. The molecule has 0 bridgehead atoms. The summed E-state index contributed by atoms with van der Waals surface area (Å²) in [5.41, 5.74) is 5.75. The molecule has 0 amide bonds. The lowest BCUT2D eigenvalue weighted by atomic mass is 9.93. The molecule has 24 heavy (non-hydrogen) atoms. The Morgan fingerprint density at radius 2 is 1.21 bits per heavy atom. The van der Waals surface area contributed by atoms with Gasteiger partial charge in [-0.25, -0.2) is 0 Å². The summed E-state index contributed by atoms with van der Waals surface area (Å²) in [6.07, 6.45) is 1.60. The fraction of sp³-hybridized carbons (Fsp3) is 0.316. The van der Waals surface area contributed by atoms with Crippen LogP contribution >= 0.6 is 55.1 Å². The molecule has 0 spiro atoms. The maximum atomic E-state index is 13.1. The van der Waals surface area contributed by atoms with E-state index in [1.807, 2.05) is 24.3 Å². The molecular formula is C19H18Br2Cl2O. The number of hydrogen-bond donors (Lipinski definition) is 0. The first-order valence-corrected chi connectivity index (χ1v) is 11.0. The van der Waals surface area contributed by atoms with Gasteiger partial charge in [0.25, 0.3) is 0 Å². The summed E-state index contributed by atoms with van der Waals surface area (Å²) in [6.45, 7) is 0. The van der Waals surface area contributed by atoms with E-state index in [1.165, 1.54) is 0 Å². The quantitative estimate of drug-likeness (QED) is 0.313. The first-order valence-electron chi connectivity index (χ1n) is 7.66. The lowest BCUT2D eigenvalue weighted by Gasteiger charge is -2.12. The summed E-state index contributed by atoms with van der Waals surface area (Å²) in [5.74, 6) is 1.20. The van der Waals surface area contributed by atoms with Crippen molar-refractivity contribution in [3.63, 3.8) is 0 Å². The minimum Gasteiger partial charge on any atom is -0.289 e. The highest BCUT2D eigenvalue weighted by Gasteiger charge is 2.17. The van der Waals surface area contributed by atoms with Crippen molar-refractivity contribution in [1.29, 1.82) is 0 Å². The highest BCUT2D eigenvalue weighted by Crippen LogP contribution is 2.24. The molecule has 0 radical (unpaired) electrons. The van der Waals surface area contributed by atoms with Crippen LogP contribution < -0.4 is 0 Å². The number of benzene rings is 2. The van der Waals surface area contributed by atoms with E-state index in [-0.39, 0.29) is 5.78 Å². The summed E-state index contributed by atoms with van der Waals surface area (Å²) in [6, 6.07) is 11.9. The molecule has 0 saturated heterocycles. The molecule has 0 aliphatic heterocycles. The van der Waals surface area contributed by atoms with Gasteiger partial charge in [0, 0.05) is 33.5 Å². The minimum absolute atomic E-state index is 0.0498. The van der Waals surface area contributed by atoms with E-state index in [0.29, 0.717) is 22.4 Å². The Morgan fingerprint density at radius 3 is 1.54 bits per heavy atom. The van der Waals surface area contributed by atoms with E-state index in [9.17, 15) is 4.79 Å². The third kappa shape index (κ3) is 4.85. The third-order valence-corrected chi connectivity index (χ3v) is 5.47. The molecule has 2 rings (SSSR count). The first-order chi connectivity index (χ1) is 11.6. The second-order valence-electron chi connectivity index (χ2n) is 5.46. The topological polar surface area (TPSA) is 17.1 Å². The number of carbonyl (C=O) groups excluding carboxylic acids is 1. The molecule has 0 N–H and O–H groups in total. The molecular weight excluding hydrogens is 475 g/mol. The zero-order chi connectivity index (χ0) is 17.5. The summed E-state index contributed by atoms with van der Waals surface area (Å²) >= 11 is 18.6. The van der Waals surface area contributed by atoms with Crippen molar-refractivity contribution in [2.24, 2.45) is 0 Å². The van der Waals surface area contributed by atoms with Crippen molar-refractivity contribution in [3.8, 4) is 0 Å². The smallest absolute Gasteiger partial charge is 0.193 e. The zero-order valence-electron chi connectivity index (χ0n) is 13.1. The molecule has 5 heteroatoms. The van der Waals surface area contributed by atoms with Crippen molar-refractivity contribution in [2.45, 2.75) is 23.5 Å². The van der Waals surface area contributed by atoms with E-state index in [0.717, 1.165) is 46.2 Å². The van der Waals surface area contributed by atoms with E-state index < -0.39 is 0 Å². The Labute approximate surface area is 170 Å². The van der Waals surface area contributed by atoms with Crippen LogP contribution in [0.1, 0.15) is 38.2 Å². The largest absolute Gasteiger partial charge is 0.289 e. The maximum Gasteiger partial charge on any atom is 0.193 e. The SMILES string of the molecule is O=C(c1ccc(CCCl)cc1CBr)c1ccc(CCCl)cc1CBr. The van der Waals surface area contributed by atoms with Gasteiger partial charge in [0.2, 0.25) is 0 Å². The van der Waals surface area contributed by atoms with Crippen molar-refractivity contribution in [1.82, 2.24) is 0 Å². The molecule has 0 unspecified atom stereocenters. The Bertz CT molecular complexity index is 657. The number of rotatable bonds is 8. The lowest BCUT2D eigenvalue weighted by Crippen LogP contribution is -2.09. The van der Waals surface area contributed by atoms with E-state index in [1.54, 1.807) is 0 Å². The molecule has 2 aromatic rings. The first kappa shape index (κ1) is 20.0. The lowest BCUT2D eigenvalue weighted by molar-refractivity contribution is 0.103. The van der Waals surface area contributed by atoms with Gasteiger partial charge in [0.15, 0.2) is 5.78 Å². The van der Waals surface area contributed by atoms with Crippen molar-refractivity contribution in [3.05, 3.63) is 69.8 Å². The number of carbonyl (C=O) groups is 1. The average molecular weight is 493 g/mol. The van der Waals surface area contributed by atoms with Gasteiger partial charge in [-0.1, -0.05) is 68.3 Å². The predicted octanol–water partition coefficient (Wildman–Crippen LogP) is 6.27. The van der Waals surface area contributed by atoms with Crippen molar-refractivity contribution < 1.29 is 4.79 Å². The Kier molecular flexibility index (Phi) is 8.29. The van der Waals surface area contributed by atoms with Gasteiger partial charge in [-0.15, -0.1) is 23.2 Å². The standard InChI is InChI=1S/C19H18Br2Cl2O/c20-11-15-9-13(5-7-22)1-3-17(15)19(24)18-4-2-14(6-8-23)10-16(18)12-21/h1-4,9-10H,5-8,11-12H2. The second kappa shape index (κ2) is 9.96. The van der Waals surface area contributed by atoms with Crippen LogP contribution in [0.2, 0.25) is 0 Å². The summed E-state index contributed by atoms with van der Waals surface area (Å²) < 4.78 is 0. The Morgan fingerprint density at radius 1 is 0.792 bits per heavy atom. The van der Waals surface area contributed by atoms with E-state index in [2.05, 4.69) is 44.0 Å². The second-order valence-corrected chi connectivity index (χ2v) is 7.33. The van der Waals surface area contributed by atoms with Gasteiger partial charge in [-0.05, 0) is 35.1 Å². The Balaban J connectivity index is 2.41. The molecule has 0 aliphatic carbocycles. The summed E-state index contributed by atoms with van der Waals surface area (Å²) in [4.78, 5) is 13.1. The fourth-order valence-corrected chi connectivity index (χ4v) is 4.00. The highest BCUT2D eigenvalue weighted by atomic mass is 79.9. The van der Waals surface area contributed by atoms with Crippen LogP contribution in [0.4, 0.5) is 0 Å². The number of ketones is 1. The molecule has 2 aromatic carbocycles. The molecule has 0 atom stereocenters. The van der Waals surface area contributed by atoms with Crippen molar-refractivity contribution in [2.75, 3.05) is 11.8 Å². The molecule has 0 fully saturated rings. The molecule has 0 saturated carbocycles. The monoisotopic (exact) mass is 490 g/mol. The molecule has 0 heterocycles. The van der Waals surface area contributed by atoms with Crippen LogP contribution in [0.25, 0.3) is 0 Å². The van der Waals surface area contributed by atoms with Gasteiger partial charge >= 0.3 is 0 Å². The van der Waals surface area contributed by atoms with Gasteiger partial charge in [0.1, 0.15) is 0 Å². The van der Waals surface area contributed by atoms with Gasteiger partial charge in [-0.2, -0.15) is 0 Å². The number of halogens is 4. The zero-order valence-corrected chi connectivity index (χ0v) is 17.8. The Hall–Kier alpha value is -0.350. The number of alkyl halides is 4. The molecule has 128 valence electrons. The fourth-order valence-electron chi connectivity index (χ4n) is 2.63. The van der Waals surface area contributed by atoms with Gasteiger partial charge in [0.05, 0.1) is 0 Å². The predicted molar refractivity (Wildman–Crippen MR) is 110 cm³/mol. The molecule has 1 nitrogen and oxygen atoms in total. The number of aryl methyl sites for hydroxylation is 2. The van der Waals surface area contributed by atoms with Crippen LogP contribution in [0.15, 0.2) is 36.4 Å². The van der Waals surface area contributed by atoms with Crippen LogP contribution in [0.3, 0.4) is 0 Å². The normalized spacial score (nSPS) is 10.8. The van der Waals surface area contributed by atoms with Crippen molar-refractivity contribution >= 4 is 60.8 Å². The highest BCUT2D eigenvalue weighted by molar-refractivity contribution is 9.08. The van der Waals surface area contributed by atoms with E-state index >= 15 is 0 Å². The van der Waals surface area contributed by atoms with Crippen LogP contribution in [-0.4, -0.2) is 17.5 Å². The summed E-state index contributed by atoms with van der Waals surface area (Å²) in [7, 11) is 0. The average Bonchev–Trinajstić information content (AvgIpc) is 2.61. The number of hydrogen-bond acceptors (Lipinski definition) is 1.